The first kappa shape index (κ1) is 18.7. The lowest BCUT2D eigenvalue weighted by Crippen LogP contribution is -2.44. The van der Waals surface area contributed by atoms with E-state index in [4.69, 9.17) is 0 Å². The molecule has 26 heavy (non-hydrogen) atoms. The Balaban J connectivity index is 1.71. The molecule has 3 rings (SSSR count). The Kier molecular flexibility index (Phi) is 5.79. The second-order valence-electron chi connectivity index (χ2n) is 7.88. The predicted molar refractivity (Wildman–Crippen MR) is 102 cm³/mol. The van der Waals surface area contributed by atoms with Crippen molar-refractivity contribution in [3.63, 3.8) is 0 Å². The van der Waals surface area contributed by atoms with E-state index in [1.807, 2.05) is 32.6 Å². The first-order chi connectivity index (χ1) is 12.5. The molecular formula is C20H31N5O. The molecule has 1 aliphatic heterocycles. The van der Waals surface area contributed by atoms with Crippen molar-refractivity contribution in [2.75, 3.05) is 6.54 Å². The fourth-order valence-corrected chi connectivity index (χ4v) is 3.89. The van der Waals surface area contributed by atoms with Crippen LogP contribution in [0.2, 0.25) is 0 Å². The summed E-state index contributed by atoms with van der Waals surface area (Å²) in [7, 11) is 3.90. The summed E-state index contributed by atoms with van der Waals surface area (Å²) in [6, 6.07) is 2.27. The Morgan fingerprint density at radius 1 is 1.31 bits per heavy atom. The molecule has 0 spiro atoms. The highest BCUT2D eigenvalue weighted by Crippen LogP contribution is 2.23. The van der Waals surface area contributed by atoms with E-state index in [0.29, 0.717) is 11.6 Å². The minimum atomic E-state index is 0.125. The van der Waals surface area contributed by atoms with Gasteiger partial charge < -0.3 is 9.47 Å². The van der Waals surface area contributed by atoms with Gasteiger partial charge in [0.05, 0.1) is 5.69 Å². The summed E-state index contributed by atoms with van der Waals surface area (Å²) in [5.74, 6) is 1.75. The maximum Gasteiger partial charge on any atom is 0.272 e. The zero-order valence-corrected chi connectivity index (χ0v) is 16.5. The van der Waals surface area contributed by atoms with Gasteiger partial charge in [-0.25, -0.2) is 4.98 Å². The minimum Gasteiger partial charge on any atom is -0.338 e. The molecular weight excluding hydrogens is 326 g/mol. The number of carbonyl (C=O) groups excluding carboxylic acids is 1. The van der Waals surface area contributed by atoms with Crippen LogP contribution in [0, 0.1) is 5.92 Å². The van der Waals surface area contributed by atoms with Gasteiger partial charge in [0.2, 0.25) is 0 Å². The molecule has 0 radical (unpaired) electrons. The molecule has 0 aliphatic carbocycles. The van der Waals surface area contributed by atoms with E-state index in [1.54, 1.807) is 4.68 Å². The van der Waals surface area contributed by atoms with Crippen LogP contribution in [0.4, 0.5) is 0 Å². The zero-order chi connectivity index (χ0) is 18.7. The highest BCUT2D eigenvalue weighted by atomic mass is 16.2. The molecule has 6 nitrogen and oxygen atoms in total. The van der Waals surface area contributed by atoms with Crippen molar-refractivity contribution in [1.29, 1.82) is 0 Å². The van der Waals surface area contributed by atoms with Crippen molar-refractivity contribution in [3.05, 3.63) is 35.7 Å². The lowest BCUT2D eigenvalue weighted by Gasteiger charge is -2.35. The van der Waals surface area contributed by atoms with Crippen LogP contribution in [0.1, 0.15) is 61.5 Å². The van der Waals surface area contributed by atoms with E-state index in [9.17, 15) is 4.79 Å². The summed E-state index contributed by atoms with van der Waals surface area (Å²) in [6.45, 7) is 5.19. The number of imidazole rings is 1. The lowest BCUT2D eigenvalue weighted by molar-refractivity contribution is 0.0589. The van der Waals surface area contributed by atoms with Crippen molar-refractivity contribution in [3.8, 4) is 0 Å². The Morgan fingerprint density at radius 3 is 2.81 bits per heavy atom. The van der Waals surface area contributed by atoms with Crippen molar-refractivity contribution >= 4 is 5.91 Å². The van der Waals surface area contributed by atoms with Gasteiger partial charge in [-0.05, 0) is 44.1 Å². The quantitative estimate of drug-likeness (QED) is 0.799. The van der Waals surface area contributed by atoms with E-state index in [2.05, 4.69) is 33.4 Å². The van der Waals surface area contributed by atoms with Gasteiger partial charge in [-0.1, -0.05) is 13.8 Å². The van der Waals surface area contributed by atoms with Gasteiger partial charge in [0, 0.05) is 45.5 Å². The van der Waals surface area contributed by atoms with Crippen LogP contribution in [0.5, 0.6) is 0 Å². The average Bonchev–Trinajstić information content (AvgIpc) is 3.17. The molecule has 0 saturated carbocycles. The minimum absolute atomic E-state index is 0.125. The molecule has 3 heterocycles. The Hall–Kier alpha value is -2.11. The number of rotatable bonds is 6. The standard InChI is InChI=1S/C20H31N5O/c1-15(2)13-16-14-18(24(4)22-16)20(26)25-11-6-5-7-17(25)8-9-19-21-10-12-23(19)3/h10,12,14-15,17H,5-9,11,13H2,1-4H3. The Labute approximate surface area is 156 Å². The summed E-state index contributed by atoms with van der Waals surface area (Å²) in [4.78, 5) is 19.7. The van der Waals surface area contributed by atoms with Crippen molar-refractivity contribution in [2.24, 2.45) is 20.0 Å². The second kappa shape index (κ2) is 8.06. The first-order valence-electron chi connectivity index (χ1n) is 9.75. The number of piperidine rings is 1. The molecule has 1 saturated heterocycles. The number of hydrogen-bond acceptors (Lipinski definition) is 3. The third kappa shape index (κ3) is 4.17. The molecule has 142 valence electrons. The Morgan fingerprint density at radius 2 is 2.12 bits per heavy atom. The Bertz CT molecular complexity index is 745. The van der Waals surface area contributed by atoms with Gasteiger partial charge in [-0.15, -0.1) is 0 Å². The number of aryl methyl sites for hydroxylation is 3. The molecule has 1 aliphatic rings. The lowest BCUT2D eigenvalue weighted by atomic mass is 9.97. The van der Waals surface area contributed by atoms with Crippen LogP contribution in [-0.4, -0.2) is 42.7 Å². The van der Waals surface area contributed by atoms with E-state index < -0.39 is 0 Å². The van der Waals surface area contributed by atoms with Gasteiger partial charge >= 0.3 is 0 Å². The summed E-state index contributed by atoms with van der Waals surface area (Å²) in [6.07, 6.45) is 9.95. The molecule has 1 amide bonds. The van der Waals surface area contributed by atoms with Crippen LogP contribution in [-0.2, 0) is 26.9 Å². The summed E-state index contributed by atoms with van der Waals surface area (Å²) in [5.41, 5.74) is 1.72. The molecule has 1 atom stereocenters. The van der Waals surface area contributed by atoms with Gasteiger partial charge in [0.15, 0.2) is 0 Å². The molecule has 0 bridgehead atoms. The van der Waals surface area contributed by atoms with Gasteiger partial charge in [-0.2, -0.15) is 5.10 Å². The van der Waals surface area contributed by atoms with E-state index in [1.165, 1.54) is 6.42 Å². The smallest absolute Gasteiger partial charge is 0.272 e. The second-order valence-corrected chi connectivity index (χ2v) is 7.88. The topological polar surface area (TPSA) is 56.0 Å². The summed E-state index contributed by atoms with van der Waals surface area (Å²) < 4.78 is 3.82. The highest BCUT2D eigenvalue weighted by molar-refractivity contribution is 5.93. The maximum absolute atomic E-state index is 13.2. The molecule has 0 N–H and O–H groups in total. The molecule has 1 fully saturated rings. The number of amides is 1. The number of hydrogen-bond donors (Lipinski definition) is 0. The predicted octanol–water partition coefficient (Wildman–Crippen LogP) is 2.98. The summed E-state index contributed by atoms with van der Waals surface area (Å²) >= 11 is 0. The zero-order valence-electron chi connectivity index (χ0n) is 16.5. The third-order valence-corrected chi connectivity index (χ3v) is 5.28. The largest absolute Gasteiger partial charge is 0.338 e. The molecule has 0 aromatic carbocycles. The van der Waals surface area contributed by atoms with Gasteiger partial charge in [0.25, 0.3) is 5.91 Å². The SMILES string of the molecule is CC(C)Cc1cc(C(=O)N2CCCCC2CCc2nccn2C)n(C)n1. The third-order valence-electron chi connectivity index (χ3n) is 5.28. The van der Waals surface area contributed by atoms with Crippen molar-refractivity contribution in [2.45, 2.75) is 58.4 Å². The normalized spacial score (nSPS) is 17.9. The molecule has 6 heteroatoms. The molecule has 2 aromatic rings. The van der Waals surface area contributed by atoms with Crippen LogP contribution in [0.25, 0.3) is 0 Å². The van der Waals surface area contributed by atoms with E-state index >= 15 is 0 Å². The monoisotopic (exact) mass is 357 g/mol. The van der Waals surface area contributed by atoms with Crippen LogP contribution in [0.3, 0.4) is 0 Å². The number of nitrogens with zero attached hydrogens (tertiary/aromatic N) is 5. The maximum atomic E-state index is 13.2. The number of carbonyl (C=O) groups is 1. The molecule has 2 aromatic heterocycles. The summed E-state index contributed by atoms with van der Waals surface area (Å²) in [5, 5.41) is 4.55. The number of aromatic nitrogens is 4. The first-order valence-corrected chi connectivity index (χ1v) is 9.75. The van der Waals surface area contributed by atoms with Crippen LogP contribution < -0.4 is 0 Å². The fraction of sp³-hybridized carbons (Fsp3) is 0.650. The van der Waals surface area contributed by atoms with E-state index in [0.717, 1.165) is 50.2 Å². The van der Waals surface area contributed by atoms with Crippen molar-refractivity contribution in [1.82, 2.24) is 24.2 Å². The van der Waals surface area contributed by atoms with Gasteiger partial charge in [-0.3, -0.25) is 9.48 Å². The van der Waals surface area contributed by atoms with Crippen LogP contribution in [0.15, 0.2) is 18.5 Å². The number of likely N-dealkylation sites (tertiary alicyclic amines) is 1. The van der Waals surface area contributed by atoms with E-state index in [-0.39, 0.29) is 11.9 Å². The highest BCUT2D eigenvalue weighted by Gasteiger charge is 2.29. The average molecular weight is 358 g/mol. The van der Waals surface area contributed by atoms with Crippen LogP contribution >= 0.6 is 0 Å². The van der Waals surface area contributed by atoms with Gasteiger partial charge in [0.1, 0.15) is 11.5 Å². The van der Waals surface area contributed by atoms with Crippen molar-refractivity contribution < 1.29 is 4.79 Å². The molecule has 1 unspecified atom stereocenters. The fourth-order valence-electron chi connectivity index (χ4n) is 3.89.